The highest BCUT2D eigenvalue weighted by atomic mass is 79.9. The van der Waals surface area contributed by atoms with E-state index in [2.05, 4.69) is 156 Å². The lowest BCUT2D eigenvalue weighted by molar-refractivity contribution is 0.0298. The molecule has 7 aromatic carbocycles. The zero-order valence-corrected chi connectivity index (χ0v) is 46.7. The third-order valence-corrected chi connectivity index (χ3v) is 17.7. The maximum atomic E-state index is 15.0. The minimum Gasteiger partial charge on any atom is -0.497 e. The van der Waals surface area contributed by atoms with Crippen LogP contribution in [0.4, 0.5) is 11.4 Å². The third kappa shape index (κ3) is 11.4. The van der Waals surface area contributed by atoms with Crippen molar-refractivity contribution in [1.29, 1.82) is 0 Å². The molecule has 0 saturated carbocycles. The fourth-order valence-corrected chi connectivity index (χ4v) is 12.4. The van der Waals surface area contributed by atoms with E-state index in [1.165, 1.54) is 11.1 Å². The van der Waals surface area contributed by atoms with Crippen molar-refractivity contribution in [3.05, 3.63) is 232 Å². The number of carbonyl (C=O) groups excluding carboxylic acids is 1. The van der Waals surface area contributed by atoms with Crippen molar-refractivity contribution in [3.63, 3.8) is 0 Å². The first kappa shape index (κ1) is 51.8. The van der Waals surface area contributed by atoms with Crippen LogP contribution < -0.4 is 20.1 Å². The number of halogens is 4. The molecule has 378 valence electrons. The molecule has 2 saturated heterocycles. The normalized spacial score (nSPS) is 18.5. The van der Waals surface area contributed by atoms with Gasteiger partial charge in [-0.15, -0.1) is 0 Å². The molecule has 0 spiro atoms. The largest absolute Gasteiger partial charge is 0.497 e. The third-order valence-electron chi connectivity index (χ3n) is 14.0. The van der Waals surface area contributed by atoms with Crippen LogP contribution in [0, 0.1) is 0 Å². The number of nitrogens with one attached hydrogen (secondary N) is 2. The van der Waals surface area contributed by atoms with E-state index in [0.717, 1.165) is 108 Å². The highest BCUT2D eigenvalue weighted by molar-refractivity contribution is 9.13. The van der Waals surface area contributed by atoms with Gasteiger partial charge in [0.25, 0.3) is 0 Å². The molecule has 10 rings (SSSR count). The molecular formula is C62H56Br3ClN2O6. The number of fused-ring (bicyclic) bond motifs is 1. The Morgan fingerprint density at radius 3 is 1.49 bits per heavy atom. The van der Waals surface area contributed by atoms with Gasteiger partial charge in [-0.1, -0.05) is 121 Å². The number of anilines is 2. The number of methoxy groups -OCH3 is 2. The highest BCUT2D eigenvalue weighted by Gasteiger charge is 2.48. The minimum absolute atomic E-state index is 0.0639. The van der Waals surface area contributed by atoms with Crippen molar-refractivity contribution < 1.29 is 28.5 Å². The van der Waals surface area contributed by atoms with Gasteiger partial charge in [-0.25, -0.2) is 4.79 Å². The zero-order valence-electron chi connectivity index (χ0n) is 41.2. The van der Waals surface area contributed by atoms with E-state index < -0.39 is 11.6 Å². The molecule has 0 amide bonds. The maximum Gasteiger partial charge on any atom is 0.341 e. The van der Waals surface area contributed by atoms with E-state index in [9.17, 15) is 4.79 Å². The second-order valence-corrected chi connectivity index (χ2v) is 21.6. The molecule has 74 heavy (non-hydrogen) atoms. The minimum atomic E-state index is -1.61. The number of ether oxygens (including phenoxy) is 5. The SMILES string of the molecule is COc1ccc(/C(=C\C2(/C=C(\c3ccc(OC)cc3)c3ccc(Cc4ccccc4)cc3NCC3CCCO3)OC(=O)c3c(Br)c(Br)c(Cl)c(Br)c32)c2ccc(Cc3ccccc3)cc2NCC2CCCO2)cc1. The fraction of sp³-hybridized carbons (Fsp3) is 0.242. The van der Waals surface area contributed by atoms with E-state index in [-0.39, 0.29) is 12.2 Å². The first-order valence-electron chi connectivity index (χ1n) is 25.0. The molecular weight excluding hydrogens is 1140 g/mol. The topological polar surface area (TPSA) is 87.3 Å². The number of hydrogen-bond acceptors (Lipinski definition) is 8. The fourth-order valence-electron chi connectivity index (χ4n) is 10.2. The average molecular weight is 1200 g/mol. The summed E-state index contributed by atoms with van der Waals surface area (Å²) >= 11 is 18.7. The summed E-state index contributed by atoms with van der Waals surface area (Å²) in [4.78, 5) is 15.0. The van der Waals surface area contributed by atoms with Crippen LogP contribution >= 0.6 is 59.4 Å². The van der Waals surface area contributed by atoms with Crippen LogP contribution in [0.3, 0.4) is 0 Å². The summed E-state index contributed by atoms with van der Waals surface area (Å²) < 4.78 is 32.3. The number of benzene rings is 7. The zero-order chi connectivity index (χ0) is 51.2. The van der Waals surface area contributed by atoms with E-state index in [1.54, 1.807) is 14.2 Å². The number of hydrogen-bond donors (Lipinski definition) is 2. The molecule has 2 fully saturated rings. The van der Waals surface area contributed by atoms with Gasteiger partial charge in [0.15, 0.2) is 5.60 Å². The Kier molecular flexibility index (Phi) is 16.4. The summed E-state index contributed by atoms with van der Waals surface area (Å²) in [5, 5.41) is 8.06. The molecule has 0 radical (unpaired) electrons. The van der Waals surface area contributed by atoms with Crippen LogP contribution in [-0.4, -0.2) is 58.7 Å². The van der Waals surface area contributed by atoms with Gasteiger partial charge in [0.1, 0.15) is 11.5 Å². The molecule has 2 atom stereocenters. The summed E-state index contributed by atoms with van der Waals surface area (Å²) in [6.07, 6.45) is 9.74. The van der Waals surface area contributed by atoms with E-state index in [0.29, 0.717) is 54.2 Å². The number of rotatable bonds is 18. The van der Waals surface area contributed by atoms with Crippen LogP contribution in [0.15, 0.2) is 171 Å². The van der Waals surface area contributed by atoms with Gasteiger partial charge in [-0.2, -0.15) is 0 Å². The molecule has 0 aromatic heterocycles. The molecule has 7 aromatic rings. The summed E-state index contributed by atoms with van der Waals surface area (Å²) in [5.74, 6) is 0.892. The lowest BCUT2D eigenvalue weighted by Crippen LogP contribution is -2.24. The molecule has 3 aliphatic rings. The molecule has 8 nitrogen and oxygen atoms in total. The van der Waals surface area contributed by atoms with Gasteiger partial charge in [0, 0.05) is 63.3 Å². The standard InChI is InChI=1S/C62H56Br3ClN2O6/c1-70-45-23-19-43(20-24-45)51(49-27-17-41(31-39-11-5-3-6-12-39)33-53(49)67-37-47-15-9-29-72-47)35-62(56-55(61(69)74-62)57(63)59(65)60(66)58(56)64)36-52(44-21-25-46(71-2)26-22-44)50-28-18-42(32-40-13-7-4-8-14-40)34-54(50)68-38-48-16-10-30-73-48/h3-8,11-14,17-28,33-36,47-48,67-68H,9-10,15-16,29-32,37-38H2,1-2H3/b51-35+,52-36+. The summed E-state index contributed by atoms with van der Waals surface area (Å²) in [7, 11) is 3.32. The molecule has 0 bridgehead atoms. The van der Waals surface area contributed by atoms with E-state index in [1.807, 2.05) is 60.7 Å². The van der Waals surface area contributed by atoms with Crippen molar-refractivity contribution >= 4 is 87.9 Å². The van der Waals surface area contributed by atoms with E-state index in [4.69, 9.17) is 35.3 Å². The van der Waals surface area contributed by atoms with Crippen LogP contribution in [-0.2, 0) is 32.7 Å². The molecule has 2 N–H and O–H groups in total. The van der Waals surface area contributed by atoms with Crippen LogP contribution in [0.2, 0.25) is 5.02 Å². The highest BCUT2D eigenvalue weighted by Crippen LogP contribution is 2.54. The van der Waals surface area contributed by atoms with Crippen molar-refractivity contribution in [1.82, 2.24) is 0 Å². The van der Waals surface area contributed by atoms with Gasteiger partial charge < -0.3 is 34.3 Å². The predicted molar refractivity (Wildman–Crippen MR) is 308 cm³/mol. The van der Waals surface area contributed by atoms with Crippen LogP contribution in [0.1, 0.15) is 86.1 Å². The Hall–Kier alpha value is -5.66. The molecule has 3 heterocycles. The van der Waals surface area contributed by atoms with Gasteiger partial charge >= 0.3 is 5.97 Å². The monoisotopic (exact) mass is 1200 g/mol. The summed E-state index contributed by atoms with van der Waals surface area (Å²) in [6, 6.07) is 50.1. The van der Waals surface area contributed by atoms with E-state index >= 15 is 0 Å². The maximum absolute atomic E-state index is 15.0. The predicted octanol–water partition coefficient (Wildman–Crippen LogP) is 15.6. The lowest BCUT2D eigenvalue weighted by atomic mass is 9.82. The Morgan fingerprint density at radius 2 is 1.07 bits per heavy atom. The second-order valence-electron chi connectivity index (χ2n) is 18.9. The van der Waals surface area contributed by atoms with Gasteiger partial charge in [-0.3, -0.25) is 0 Å². The van der Waals surface area contributed by atoms with Crippen molar-refractivity contribution in [3.8, 4) is 11.5 Å². The smallest absolute Gasteiger partial charge is 0.341 e. The molecule has 3 aliphatic heterocycles. The van der Waals surface area contributed by atoms with Crippen molar-refractivity contribution in [2.24, 2.45) is 0 Å². The van der Waals surface area contributed by atoms with Crippen molar-refractivity contribution in [2.75, 3.05) is 51.2 Å². The number of carbonyl (C=O) groups is 1. The lowest BCUT2D eigenvalue weighted by Gasteiger charge is -2.29. The Balaban J connectivity index is 1.25. The first-order valence-corrected chi connectivity index (χ1v) is 27.7. The first-order chi connectivity index (χ1) is 36.1. The van der Waals surface area contributed by atoms with Crippen molar-refractivity contribution in [2.45, 2.75) is 56.3 Å². The van der Waals surface area contributed by atoms with Gasteiger partial charge in [0.05, 0.1) is 41.5 Å². The van der Waals surface area contributed by atoms with Crippen LogP contribution in [0.25, 0.3) is 11.1 Å². The average Bonchev–Trinajstić information content (AvgIpc) is 4.24. The Labute approximate surface area is 463 Å². The number of esters is 1. The summed E-state index contributed by atoms with van der Waals surface area (Å²) in [6.45, 7) is 2.72. The quantitative estimate of drug-likeness (QED) is 0.0499. The summed E-state index contributed by atoms with van der Waals surface area (Å²) in [5.41, 5.74) is 10.9. The Morgan fingerprint density at radius 1 is 0.608 bits per heavy atom. The second kappa shape index (κ2) is 23.5. The Bertz CT molecular complexity index is 3020. The van der Waals surface area contributed by atoms with Gasteiger partial charge in [0.2, 0.25) is 0 Å². The number of cyclic esters (lactones) is 1. The van der Waals surface area contributed by atoms with Gasteiger partial charge in [-0.05, 0) is 179 Å². The van der Waals surface area contributed by atoms with Crippen LogP contribution in [0.5, 0.6) is 11.5 Å². The molecule has 12 heteroatoms. The molecule has 2 unspecified atom stereocenters. The molecule has 0 aliphatic carbocycles.